The van der Waals surface area contributed by atoms with Crippen LogP contribution in [-0.2, 0) is 43.2 Å². The summed E-state index contributed by atoms with van der Waals surface area (Å²) in [7, 11) is 0. The SMILES string of the molecule is NCCCC[C@H](NC(=O)[C@@H](N)CCC(=O)O)C(=O)N[C@@H](CCC(N)=O)C(=O)N[C@@H](CCCN=C(N)N)C(=O)N[C@@H](CC(N)=O)C(=O)NCC(=O)O. The summed E-state index contributed by atoms with van der Waals surface area (Å²) in [5.41, 5.74) is 32.4. The zero-order valence-corrected chi connectivity index (χ0v) is 28.1. The van der Waals surface area contributed by atoms with Gasteiger partial charge in [0.2, 0.25) is 41.4 Å². The van der Waals surface area contributed by atoms with E-state index in [9.17, 15) is 43.2 Å². The number of hydrogen-bond donors (Lipinski definition) is 13. The molecular weight excluding hydrogens is 680 g/mol. The van der Waals surface area contributed by atoms with Crippen LogP contribution in [0, 0.1) is 0 Å². The van der Waals surface area contributed by atoms with Crippen LogP contribution in [-0.4, -0.2) is 119 Å². The Balaban J connectivity index is 6.26. The largest absolute Gasteiger partial charge is 0.481 e. The molecule has 0 aromatic heterocycles. The Kier molecular flexibility index (Phi) is 21.9. The summed E-state index contributed by atoms with van der Waals surface area (Å²) in [6, 6.07) is -7.19. The quantitative estimate of drug-likeness (QED) is 0.0212. The van der Waals surface area contributed by atoms with Gasteiger partial charge < -0.3 is 71.2 Å². The fourth-order valence-corrected chi connectivity index (χ4v) is 4.29. The van der Waals surface area contributed by atoms with Crippen LogP contribution in [0.1, 0.15) is 64.2 Å². The first-order valence-electron chi connectivity index (χ1n) is 15.9. The third-order valence-electron chi connectivity index (χ3n) is 6.93. The van der Waals surface area contributed by atoms with E-state index in [0.717, 1.165) is 0 Å². The second kappa shape index (κ2) is 24.5. The van der Waals surface area contributed by atoms with Gasteiger partial charge in [-0.15, -0.1) is 0 Å². The molecule has 23 nitrogen and oxygen atoms in total. The molecule has 0 radical (unpaired) electrons. The van der Waals surface area contributed by atoms with Crippen LogP contribution in [0.15, 0.2) is 4.99 Å². The Morgan fingerprint density at radius 1 is 0.569 bits per heavy atom. The van der Waals surface area contributed by atoms with E-state index in [1.807, 2.05) is 5.32 Å². The molecule has 0 spiro atoms. The fraction of sp³-hybridized carbons (Fsp3) is 0.643. The summed E-state index contributed by atoms with van der Waals surface area (Å²) in [5.74, 6) is -9.54. The number of carboxylic acids is 2. The van der Waals surface area contributed by atoms with Crippen molar-refractivity contribution in [2.45, 2.75) is 94.4 Å². The number of rotatable bonds is 27. The number of nitrogens with one attached hydrogen (secondary N) is 5. The lowest BCUT2D eigenvalue weighted by Crippen LogP contribution is -2.59. The van der Waals surface area contributed by atoms with Crippen molar-refractivity contribution in [2.24, 2.45) is 39.4 Å². The lowest BCUT2D eigenvalue weighted by Gasteiger charge is -2.26. The van der Waals surface area contributed by atoms with Gasteiger partial charge in [0.1, 0.15) is 30.7 Å². The van der Waals surface area contributed by atoms with Crippen LogP contribution < -0.4 is 61.0 Å². The van der Waals surface area contributed by atoms with Crippen LogP contribution >= 0.6 is 0 Å². The minimum Gasteiger partial charge on any atom is -0.481 e. The molecule has 288 valence electrons. The molecule has 0 rings (SSSR count). The van der Waals surface area contributed by atoms with Gasteiger partial charge in [0.25, 0.3) is 0 Å². The highest BCUT2D eigenvalue weighted by atomic mass is 16.4. The lowest BCUT2D eigenvalue weighted by atomic mass is 10.0. The van der Waals surface area contributed by atoms with E-state index in [0.29, 0.717) is 12.8 Å². The maximum absolute atomic E-state index is 13.6. The first-order chi connectivity index (χ1) is 23.9. The predicted molar refractivity (Wildman–Crippen MR) is 178 cm³/mol. The molecule has 0 aliphatic heterocycles. The molecule has 0 aromatic carbocycles. The van der Waals surface area contributed by atoms with Crippen molar-refractivity contribution in [1.29, 1.82) is 0 Å². The number of carboxylic acid groups (broad SMARTS) is 2. The van der Waals surface area contributed by atoms with Crippen LogP contribution in [0.25, 0.3) is 0 Å². The number of aliphatic imine (C=N–C) groups is 1. The molecule has 51 heavy (non-hydrogen) atoms. The normalized spacial score (nSPS) is 13.5. The van der Waals surface area contributed by atoms with Crippen molar-refractivity contribution >= 4 is 59.2 Å². The van der Waals surface area contributed by atoms with Gasteiger partial charge in [-0.25, -0.2) is 0 Å². The molecule has 0 fully saturated rings. The molecule has 0 saturated heterocycles. The number of nitrogens with zero attached hydrogens (tertiary/aromatic N) is 1. The van der Waals surface area contributed by atoms with Crippen LogP contribution in [0.5, 0.6) is 0 Å². The summed E-state index contributed by atoms with van der Waals surface area (Å²) < 4.78 is 0. The smallest absolute Gasteiger partial charge is 0.322 e. The highest BCUT2D eigenvalue weighted by Gasteiger charge is 2.32. The van der Waals surface area contributed by atoms with Crippen molar-refractivity contribution in [3.63, 3.8) is 0 Å². The summed E-state index contributed by atoms with van der Waals surface area (Å²) >= 11 is 0. The molecule has 23 heteroatoms. The van der Waals surface area contributed by atoms with E-state index in [2.05, 4.69) is 26.3 Å². The van der Waals surface area contributed by atoms with Crippen molar-refractivity contribution in [1.82, 2.24) is 26.6 Å². The van der Waals surface area contributed by atoms with Gasteiger partial charge >= 0.3 is 11.9 Å². The highest BCUT2D eigenvalue weighted by Crippen LogP contribution is 2.08. The number of primary amides is 2. The molecular formula is C28H50N12O11. The molecule has 19 N–H and O–H groups in total. The number of guanidine groups is 1. The Bertz CT molecular complexity index is 1280. The third-order valence-corrected chi connectivity index (χ3v) is 6.93. The topological polar surface area (TPSA) is 423 Å². The molecule has 7 amide bonds. The Morgan fingerprint density at radius 2 is 1.08 bits per heavy atom. The Morgan fingerprint density at radius 3 is 1.55 bits per heavy atom. The Labute approximate surface area is 292 Å². The molecule has 0 aromatic rings. The monoisotopic (exact) mass is 730 g/mol. The summed E-state index contributed by atoms with van der Waals surface area (Å²) in [6.07, 6.45) is -1.39. The van der Waals surface area contributed by atoms with E-state index in [-0.39, 0.29) is 51.2 Å². The first-order valence-corrected chi connectivity index (χ1v) is 15.9. The maximum atomic E-state index is 13.6. The number of unbranched alkanes of at least 4 members (excludes halogenated alkanes) is 1. The summed E-state index contributed by atoms with van der Waals surface area (Å²) in [5, 5.41) is 29.3. The highest BCUT2D eigenvalue weighted by molar-refractivity contribution is 5.97. The molecule has 0 saturated carbocycles. The zero-order chi connectivity index (χ0) is 39.1. The van der Waals surface area contributed by atoms with Gasteiger partial charge in [-0.2, -0.15) is 0 Å². The number of hydrogen-bond acceptors (Lipinski definition) is 12. The van der Waals surface area contributed by atoms with Crippen LogP contribution in [0.2, 0.25) is 0 Å². The van der Waals surface area contributed by atoms with Gasteiger partial charge in [0, 0.05) is 19.4 Å². The minimum atomic E-state index is -1.64. The molecule has 0 bridgehead atoms. The van der Waals surface area contributed by atoms with Crippen molar-refractivity contribution in [3.05, 3.63) is 0 Å². The number of aliphatic carboxylic acids is 2. The number of amides is 7. The molecule has 0 aliphatic rings. The van der Waals surface area contributed by atoms with E-state index < -0.39 is 109 Å². The Hall–Kier alpha value is -5.58. The van der Waals surface area contributed by atoms with Gasteiger partial charge in [-0.1, -0.05) is 0 Å². The summed E-state index contributed by atoms with van der Waals surface area (Å²) in [6.45, 7) is -0.587. The fourth-order valence-electron chi connectivity index (χ4n) is 4.29. The predicted octanol–water partition coefficient (Wildman–Crippen LogP) is -6.36. The second-order valence-corrected chi connectivity index (χ2v) is 11.3. The van der Waals surface area contributed by atoms with Gasteiger partial charge in [-0.3, -0.25) is 48.1 Å². The zero-order valence-electron chi connectivity index (χ0n) is 28.1. The van der Waals surface area contributed by atoms with E-state index >= 15 is 0 Å². The van der Waals surface area contributed by atoms with Crippen molar-refractivity contribution in [3.8, 4) is 0 Å². The van der Waals surface area contributed by atoms with E-state index in [1.165, 1.54) is 0 Å². The van der Waals surface area contributed by atoms with Gasteiger partial charge in [0.05, 0.1) is 12.5 Å². The van der Waals surface area contributed by atoms with Gasteiger partial charge in [0.15, 0.2) is 5.96 Å². The van der Waals surface area contributed by atoms with E-state index in [1.54, 1.807) is 0 Å². The first kappa shape index (κ1) is 45.4. The third kappa shape index (κ3) is 21.2. The van der Waals surface area contributed by atoms with Gasteiger partial charge in [-0.05, 0) is 51.5 Å². The van der Waals surface area contributed by atoms with Crippen molar-refractivity contribution < 1.29 is 53.4 Å². The average Bonchev–Trinajstić information content (AvgIpc) is 3.04. The minimum absolute atomic E-state index is 0.00752. The lowest BCUT2D eigenvalue weighted by molar-refractivity contribution is -0.139. The second-order valence-electron chi connectivity index (χ2n) is 11.3. The molecule has 0 aliphatic carbocycles. The van der Waals surface area contributed by atoms with E-state index in [4.69, 9.17) is 44.6 Å². The van der Waals surface area contributed by atoms with Crippen LogP contribution in [0.4, 0.5) is 0 Å². The molecule has 0 unspecified atom stereocenters. The summed E-state index contributed by atoms with van der Waals surface area (Å²) in [4.78, 5) is 114. The number of carbonyl (C=O) groups is 9. The van der Waals surface area contributed by atoms with Crippen molar-refractivity contribution in [2.75, 3.05) is 19.6 Å². The standard InChI is InChI=1S/C28H50N12O11/c29-10-2-1-4-15(37-23(47)14(30)6-9-21(43)44)25(49)39-17(7-8-19(31)41)27(51)38-16(5-3-11-35-28(33)34)26(50)40-18(12-20(32)42)24(48)36-13-22(45)46/h14-18H,1-13,29-30H2,(H2,31,41)(H2,32,42)(H,36,48)(H,37,47)(H,38,51)(H,39,49)(H,40,50)(H,43,44)(H,45,46)(H4,33,34,35)/t14-,15-,16-,17-,18-/m0/s1. The average molecular weight is 731 g/mol. The molecule has 5 atom stereocenters. The molecule has 0 heterocycles. The van der Waals surface area contributed by atoms with Crippen LogP contribution in [0.3, 0.4) is 0 Å². The number of nitrogens with two attached hydrogens (primary N) is 6. The number of carbonyl (C=O) groups excluding carboxylic acids is 7. The maximum Gasteiger partial charge on any atom is 0.322 e.